The summed E-state index contributed by atoms with van der Waals surface area (Å²) >= 11 is 0. The quantitative estimate of drug-likeness (QED) is 0.751. The van der Waals surface area contributed by atoms with Gasteiger partial charge in [0.15, 0.2) is 18.9 Å². The third-order valence-electron chi connectivity index (χ3n) is 2.59. The number of carboxylic acid groups (broad SMARTS) is 2. The van der Waals surface area contributed by atoms with Crippen LogP contribution in [0.15, 0.2) is 45.2 Å². The van der Waals surface area contributed by atoms with E-state index in [0.29, 0.717) is 12.1 Å². The molecule has 2 heterocycles. The van der Waals surface area contributed by atoms with Crippen LogP contribution in [0.25, 0.3) is 0 Å². The maximum absolute atomic E-state index is 11.2. The predicted octanol–water partition coefficient (Wildman–Crippen LogP) is 0.519. The van der Waals surface area contributed by atoms with Crippen molar-refractivity contribution in [3.05, 3.63) is 30.1 Å². The molecule has 2 rings (SSSR count). The zero-order valence-corrected chi connectivity index (χ0v) is 9.67. The molecule has 0 amide bonds. The second-order valence-corrected chi connectivity index (χ2v) is 3.82. The average molecular weight is 264 g/mol. The number of carboxylic acids is 2. The van der Waals surface area contributed by atoms with Crippen molar-refractivity contribution in [2.75, 3.05) is 0 Å². The van der Waals surface area contributed by atoms with Crippen LogP contribution < -0.4 is 4.57 Å². The van der Waals surface area contributed by atoms with Crippen LogP contribution >= 0.6 is 0 Å². The van der Waals surface area contributed by atoms with Gasteiger partial charge in [0.2, 0.25) is 0 Å². The largest absolute Gasteiger partial charge is 0.481 e. The van der Waals surface area contributed by atoms with Gasteiger partial charge in [-0.2, -0.15) is 0 Å². The first-order valence-corrected chi connectivity index (χ1v) is 5.33. The van der Waals surface area contributed by atoms with Gasteiger partial charge >= 0.3 is 17.6 Å². The SMILES string of the molecule is O=C(O)CC[n+]1ccc(C2(C(=O)O)N=NN=N2)cc1. The molecule has 0 saturated heterocycles. The highest BCUT2D eigenvalue weighted by Crippen LogP contribution is 2.31. The molecule has 0 aliphatic carbocycles. The van der Waals surface area contributed by atoms with Crippen LogP contribution in [0.1, 0.15) is 12.0 Å². The van der Waals surface area contributed by atoms with Crippen molar-refractivity contribution in [2.24, 2.45) is 20.7 Å². The number of pyridine rings is 1. The van der Waals surface area contributed by atoms with Crippen molar-refractivity contribution in [2.45, 2.75) is 18.6 Å². The number of aromatic nitrogens is 1. The normalized spacial score (nSPS) is 15.6. The van der Waals surface area contributed by atoms with Crippen molar-refractivity contribution in [3.8, 4) is 0 Å². The van der Waals surface area contributed by atoms with Gasteiger partial charge in [-0.05, 0) is 10.4 Å². The van der Waals surface area contributed by atoms with Gasteiger partial charge in [-0.15, -0.1) is 10.2 Å². The lowest BCUT2D eigenvalue weighted by atomic mass is 10.0. The molecule has 0 saturated carbocycles. The van der Waals surface area contributed by atoms with Gasteiger partial charge in [-0.25, -0.2) is 9.36 Å². The van der Waals surface area contributed by atoms with Crippen molar-refractivity contribution in [1.82, 2.24) is 0 Å². The summed E-state index contributed by atoms with van der Waals surface area (Å²) in [5.74, 6) is -2.18. The van der Waals surface area contributed by atoms with E-state index in [4.69, 9.17) is 5.11 Å². The first-order valence-electron chi connectivity index (χ1n) is 5.33. The number of carbonyl (C=O) groups is 2. The number of aryl methyl sites for hydroxylation is 1. The highest BCUT2D eigenvalue weighted by atomic mass is 16.4. The second-order valence-electron chi connectivity index (χ2n) is 3.82. The summed E-state index contributed by atoms with van der Waals surface area (Å²) in [5.41, 5.74) is -1.53. The topological polar surface area (TPSA) is 128 Å². The fourth-order valence-electron chi connectivity index (χ4n) is 1.58. The first kappa shape index (κ1) is 12.7. The Morgan fingerprint density at radius 3 is 2.21 bits per heavy atom. The van der Waals surface area contributed by atoms with E-state index in [0.717, 1.165) is 0 Å². The summed E-state index contributed by atoms with van der Waals surface area (Å²) in [6, 6.07) is 3.00. The van der Waals surface area contributed by atoms with Crippen LogP contribution in [-0.2, 0) is 21.8 Å². The molecule has 0 fully saturated rings. The number of nitrogens with zero attached hydrogens (tertiary/aromatic N) is 5. The maximum Gasteiger partial charge on any atom is 0.363 e. The fourth-order valence-corrected chi connectivity index (χ4v) is 1.58. The van der Waals surface area contributed by atoms with E-state index < -0.39 is 17.6 Å². The van der Waals surface area contributed by atoms with Crippen LogP contribution in [0.4, 0.5) is 0 Å². The molecule has 0 unspecified atom stereocenters. The van der Waals surface area contributed by atoms with Crippen LogP contribution in [0, 0.1) is 0 Å². The molecule has 0 bridgehead atoms. The molecule has 98 valence electrons. The second kappa shape index (κ2) is 4.88. The highest BCUT2D eigenvalue weighted by molar-refractivity contribution is 5.80. The van der Waals surface area contributed by atoms with E-state index in [-0.39, 0.29) is 6.42 Å². The summed E-state index contributed by atoms with van der Waals surface area (Å²) < 4.78 is 1.62. The van der Waals surface area contributed by atoms with Gasteiger partial charge in [0.25, 0.3) is 0 Å². The number of rotatable bonds is 5. The van der Waals surface area contributed by atoms with E-state index in [1.54, 1.807) is 17.0 Å². The van der Waals surface area contributed by atoms with E-state index in [1.165, 1.54) is 12.1 Å². The zero-order valence-electron chi connectivity index (χ0n) is 9.67. The Balaban J connectivity index is 2.22. The molecule has 9 heteroatoms. The first-order chi connectivity index (χ1) is 9.04. The zero-order chi connectivity index (χ0) is 13.9. The summed E-state index contributed by atoms with van der Waals surface area (Å²) in [7, 11) is 0. The molecule has 0 spiro atoms. The molecule has 0 aromatic carbocycles. The molecule has 0 atom stereocenters. The van der Waals surface area contributed by atoms with Gasteiger partial charge < -0.3 is 10.2 Å². The van der Waals surface area contributed by atoms with Crippen molar-refractivity contribution >= 4 is 11.9 Å². The lowest BCUT2D eigenvalue weighted by molar-refractivity contribution is -0.696. The average Bonchev–Trinajstić information content (AvgIpc) is 2.87. The van der Waals surface area contributed by atoms with E-state index in [1.807, 2.05) is 0 Å². The molecule has 1 aromatic heterocycles. The highest BCUT2D eigenvalue weighted by Gasteiger charge is 2.44. The van der Waals surface area contributed by atoms with E-state index >= 15 is 0 Å². The van der Waals surface area contributed by atoms with E-state index in [9.17, 15) is 14.7 Å². The molecule has 1 aliphatic rings. The molecular formula is C10H10N5O4+. The van der Waals surface area contributed by atoms with Gasteiger partial charge in [0, 0.05) is 17.7 Å². The van der Waals surface area contributed by atoms with Gasteiger partial charge in [0.05, 0.1) is 0 Å². The summed E-state index contributed by atoms with van der Waals surface area (Å²) in [6.07, 6.45) is 3.10. The van der Waals surface area contributed by atoms with Gasteiger partial charge in [-0.3, -0.25) is 4.79 Å². The summed E-state index contributed by atoms with van der Waals surface area (Å²) in [4.78, 5) is 21.7. The Kier molecular flexibility index (Phi) is 3.27. The third-order valence-corrected chi connectivity index (χ3v) is 2.59. The predicted molar refractivity (Wildman–Crippen MR) is 57.9 cm³/mol. The molecule has 9 nitrogen and oxygen atoms in total. The minimum absolute atomic E-state index is 0.0203. The minimum Gasteiger partial charge on any atom is -0.481 e. The fraction of sp³-hybridized carbons (Fsp3) is 0.300. The van der Waals surface area contributed by atoms with Crippen molar-refractivity contribution in [3.63, 3.8) is 0 Å². The molecule has 2 N–H and O–H groups in total. The third kappa shape index (κ3) is 2.44. The molecule has 1 aromatic rings. The number of hydrogen-bond donors (Lipinski definition) is 2. The number of aliphatic carboxylic acids is 2. The Hall–Kier alpha value is -2.71. The van der Waals surface area contributed by atoms with Gasteiger partial charge in [0.1, 0.15) is 6.42 Å². The Labute approximate surface area is 106 Å². The van der Waals surface area contributed by atoms with E-state index in [2.05, 4.69) is 20.7 Å². The van der Waals surface area contributed by atoms with Crippen LogP contribution in [0.2, 0.25) is 0 Å². The molecule has 19 heavy (non-hydrogen) atoms. The standard InChI is InChI=1S/C10H9N5O4/c16-8(17)3-6-15-4-1-7(2-5-15)10(9(18)19)11-13-14-12-10/h1-2,4-5H,3,6H2,(H-,16,17,18,19)/p+1. The number of hydrogen-bond acceptors (Lipinski definition) is 6. The Morgan fingerprint density at radius 2 is 1.74 bits per heavy atom. The lowest BCUT2D eigenvalue weighted by Gasteiger charge is -2.13. The monoisotopic (exact) mass is 264 g/mol. The van der Waals surface area contributed by atoms with Gasteiger partial charge in [-0.1, -0.05) is 0 Å². The molecular weight excluding hydrogens is 254 g/mol. The van der Waals surface area contributed by atoms with Crippen molar-refractivity contribution in [1.29, 1.82) is 0 Å². The minimum atomic E-state index is -1.83. The summed E-state index contributed by atoms with van der Waals surface area (Å²) in [6.45, 7) is 0.290. The smallest absolute Gasteiger partial charge is 0.363 e. The maximum atomic E-state index is 11.2. The molecule has 0 radical (unpaired) electrons. The lowest BCUT2D eigenvalue weighted by Crippen LogP contribution is -2.36. The van der Waals surface area contributed by atoms with Crippen LogP contribution in [0.3, 0.4) is 0 Å². The van der Waals surface area contributed by atoms with Crippen molar-refractivity contribution < 1.29 is 24.4 Å². The Bertz CT molecular complexity index is 554. The summed E-state index contributed by atoms with van der Waals surface area (Å²) in [5, 5.41) is 31.3. The Morgan fingerprint density at radius 1 is 1.16 bits per heavy atom. The molecule has 1 aliphatic heterocycles. The van der Waals surface area contributed by atoms with Crippen LogP contribution in [0.5, 0.6) is 0 Å². The van der Waals surface area contributed by atoms with Crippen LogP contribution in [-0.4, -0.2) is 22.2 Å².